The van der Waals surface area contributed by atoms with E-state index in [-0.39, 0.29) is 12.3 Å². The second-order valence-corrected chi connectivity index (χ2v) is 11.3. The van der Waals surface area contributed by atoms with Gasteiger partial charge in [-0.1, -0.05) is 42.5 Å². The van der Waals surface area contributed by atoms with Crippen molar-refractivity contribution in [1.82, 2.24) is 4.98 Å². The van der Waals surface area contributed by atoms with Crippen LogP contribution >= 0.6 is 23.1 Å². The first-order chi connectivity index (χ1) is 19.1. The Kier molecular flexibility index (Phi) is 8.27. The number of nitrogens with one attached hydrogen (secondary N) is 1. The Bertz CT molecular complexity index is 1580. The number of aromatic nitrogens is 1. The number of carbonyl (C=O) groups is 1. The molecule has 8 heteroatoms. The first-order valence-corrected chi connectivity index (χ1v) is 14.5. The molecule has 1 aliphatic rings. The lowest BCUT2D eigenvalue weighted by Crippen LogP contribution is -2.12. The average molecular weight is 551 g/mol. The number of nitrogens with zero attached hydrogens (tertiary/aromatic N) is 3. The van der Waals surface area contributed by atoms with E-state index in [1.54, 1.807) is 7.11 Å². The lowest BCUT2D eigenvalue weighted by molar-refractivity contribution is -0.115. The number of hydrogen-bond acceptors (Lipinski definition) is 7. The van der Waals surface area contributed by atoms with Gasteiger partial charge < -0.3 is 10.1 Å². The number of carbonyl (C=O) groups excluding carboxylic acids is 1. The summed E-state index contributed by atoms with van der Waals surface area (Å²) in [4.78, 5) is 18.9. The summed E-state index contributed by atoms with van der Waals surface area (Å²) in [6, 6.07) is 24.0. The van der Waals surface area contributed by atoms with Crippen LogP contribution in [0, 0.1) is 22.7 Å². The van der Waals surface area contributed by atoms with Crippen LogP contribution < -0.4 is 10.1 Å². The van der Waals surface area contributed by atoms with Gasteiger partial charge in [0, 0.05) is 28.2 Å². The van der Waals surface area contributed by atoms with E-state index in [9.17, 15) is 15.3 Å². The minimum absolute atomic E-state index is 0.148. The van der Waals surface area contributed by atoms with Crippen molar-refractivity contribution in [2.75, 3.05) is 18.2 Å². The molecule has 0 atom stereocenters. The Hall–Kier alpha value is -4.11. The predicted molar refractivity (Wildman–Crippen MR) is 156 cm³/mol. The van der Waals surface area contributed by atoms with E-state index in [2.05, 4.69) is 17.5 Å². The number of nitriles is 2. The predicted octanol–water partition coefficient (Wildman–Crippen LogP) is 7.23. The van der Waals surface area contributed by atoms with Crippen LogP contribution in [0.25, 0.3) is 22.4 Å². The fraction of sp³-hybridized carbons (Fsp3) is 0.226. The van der Waals surface area contributed by atoms with Gasteiger partial charge in [-0.2, -0.15) is 10.5 Å². The summed E-state index contributed by atoms with van der Waals surface area (Å²) in [7, 11) is 1.62. The van der Waals surface area contributed by atoms with Crippen LogP contribution in [-0.4, -0.2) is 23.8 Å². The van der Waals surface area contributed by atoms with Gasteiger partial charge >= 0.3 is 0 Å². The summed E-state index contributed by atoms with van der Waals surface area (Å²) >= 11 is 2.92. The van der Waals surface area contributed by atoms with Gasteiger partial charge in [0.15, 0.2) is 0 Å². The topological polar surface area (TPSA) is 98.8 Å². The molecule has 2 heterocycles. The standard InChI is InChI=1S/C31H26N4O2S2/c1-37-22-13-11-20(12-14-22)24-17-27(21-7-3-2-4-8-21)34-30(26(24)19-33)38-16-15-29(36)35-31-25(18-32)23-9-5-6-10-28(23)39-31/h2-4,7-8,11-14,17H,5-6,9-10,15-16H2,1H3,(H,35,36). The number of ether oxygens (including phenoxy) is 1. The molecule has 1 N–H and O–H groups in total. The van der Waals surface area contributed by atoms with Crippen LogP contribution in [0.5, 0.6) is 5.75 Å². The third-order valence-electron chi connectivity index (χ3n) is 6.67. The third-order valence-corrected chi connectivity index (χ3v) is 8.86. The van der Waals surface area contributed by atoms with Gasteiger partial charge in [-0.15, -0.1) is 23.1 Å². The van der Waals surface area contributed by atoms with Gasteiger partial charge in [0.05, 0.1) is 23.9 Å². The molecule has 0 saturated carbocycles. The monoisotopic (exact) mass is 550 g/mol. The highest BCUT2D eigenvalue weighted by atomic mass is 32.2. The van der Waals surface area contributed by atoms with Crippen molar-refractivity contribution in [2.24, 2.45) is 0 Å². The summed E-state index contributed by atoms with van der Waals surface area (Å²) in [5.74, 6) is 1.04. The highest BCUT2D eigenvalue weighted by Crippen LogP contribution is 2.38. The molecule has 2 aromatic carbocycles. The first-order valence-electron chi connectivity index (χ1n) is 12.7. The van der Waals surface area contributed by atoms with Gasteiger partial charge in [-0.05, 0) is 55.0 Å². The van der Waals surface area contributed by atoms with Crippen molar-refractivity contribution in [3.8, 4) is 40.3 Å². The SMILES string of the molecule is COc1ccc(-c2cc(-c3ccccc3)nc(SCCC(=O)Nc3sc4c(c3C#N)CCCC4)c2C#N)cc1. The van der Waals surface area contributed by atoms with E-state index in [0.29, 0.717) is 26.9 Å². The number of hydrogen-bond donors (Lipinski definition) is 1. The maximum atomic E-state index is 12.9. The number of thioether (sulfide) groups is 1. The molecule has 6 nitrogen and oxygen atoms in total. The van der Waals surface area contributed by atoms with Crippen molar-refractivity contribution in [1.29, 1.82) is 10.5 Å². The minimum atomic E-state index is -0.148. The molecule has 4 aromatic rings. The van der Waals surface area contributed by atoms with Crippen molar-refractivity contribution >= 4 is 34.0 Å². The van der Waals surface area contributed by atoms with Gasteiger partial charge in [0.2, 0.25) is 5.91 Å². The molecule has 194 valence electrons. The molecule has 0 unspecified atom stereocenters. The number of methoxy groups -OCH3 is 1. The summed E-state index contributed by atoms with van der Waals surface area (Å²) in [5, 5.41) is 24.0. The zero-order chi connectivity index (χ0) is 27.2. The number of amides is 1. The minimum Gasteiger partial charge on any atom is -0.497 e. The Morgan fingerprint density at radius 2 is 1.77 bits per heavy atom. The quantitative estimate of drug-likeness (QED) is 0.232. The van der Waals surface area contributed by atoms with Gasteiger partial charge in [0.1, 0.15) is 27.9 Å². The molecule has 0 saturated heterocycles. The molecule has 0 fully saturated rings. The number of thiophene rings is 1. The average Bonchev–Trinajstić information content (AvgIpc) is 3.33. The number of pyridine rings is 1. The second kappa shape index (κ2) is 12.2. The van der Waals surface area contributed by atoms with E-state index in [1.807, 2.05) is 60.7 Å². The van der Waals surface area contributed by atoms with Crippen molar-refractivity contribution in [3.63, 3.8) is 0 Å². The van der Waals surface area contributed by atoms with Crippen molar-refractivity contribution < 1.29 is 9.53 Å². The molecule has 0 aliphatic heterocycles. The van der Waals surface area contributed by atoms with Crippen molar-refractivity contribution in [3.05, 3.63) is 82.2 Å². The number of rotatable bonds is 8. The molecule has 1 aliphatic carbocycles. The zero-order valence-corrected chi connectivity index (χ0v) is 23.1. The lowest BCUT2D eigenvalue weighted by atomic mass is 9.96. The Balaban J connectivity index is 1.38. The van der Waals surface area contributed by atoms with E-state index in [0.717, 1.165) is 59.4 Å². The molecule has 0 spiro atoms. The Labute approximate surface area is 236 Å². The van der Waals surface area contributed by atoms with Gasteiger partial charge in [-0.25, -0.2) is 4.98 Å². The van der Waals surface area contributed by atoms with Crippen LogP contribution in [0.1, 0.15) is 40.8 Å². The number of anilines is 1. The van der Waals surface area contributed by atoms with E-state index in [4.69, 9.17) is 9.72 Å². The van der Waals surface area contributed by atoms with E-state index < -0.39 is 0 Å². The van der Waals surface area contributed by atoms with Crippen LogP contribution in [0.4, 0.5) is 5.00 Å². The molecular weight excluding hydrogens is 525 g/mol. The first kappa shape index (κ1) is 26.5. The summed E-state index contributed by atoms with van der Waals surface area (Å²) < 4.78 is 5.30. The second-order valence-electron chi connectivity index (χ2n) is 9.12. The molecule has 1 amide bonds. The highest BCUT2D eigenvalue weighted by Gasteiger charge is 2.22. The Morgan fingerprint density at radius 1 is 1.03 bits per heavy atom. The van der Waals surface area contributed by atoms with Gasteiger partial charge in [0.25, 0.3) is 0 Å². The van der Waals surface area contributed by atoms with Crippen LogP contribution in [0.3, 0.4) is 0 Å². The molecule has 0 radical (unpaired) electrons. The van der Waals surface area contributed by atoms with Crippen LogP contribution in [-0.2, 0) is 17.6 Å². The normalized spacial score (nSPS) is 12.2. The lowest BCUT2D eigenvalue weighted by Gasteiger charge is -2.13. The van der Waals surface area contributed by atoms with Gasteiger partial charge in [-0.3, -0.25) is 4.79 Å². The summed E-state index contributed by atoms with van der Waals surface area (Å²) in [5.41, 5.74) is 5.56. The third kappa shape index (κ3) is 5.83. The number of aryl methyl sites for hydroxylation is 1. The molecular formula is C31H26N4O2S2. The zero-order valence-electron chi connectivity index (χ0n) is 21.5. The maximum absolute atomic E-state index is 12.9. The molecule has 5 rings (SSSR count). The van der Waals surface area contributed by atoms with Crippen LogP contribution in [0.2, 0.25) is 0 Å². The molecule has 2 aromatic heterocycles. The molecule has 39 heavy (non-hydrogen) atoms. The van der Waals surface area contributed by atoms with Crippen LogP contribution in [0.15, 0.2) is 65.7 Å². The maximum Gasteiger partial charge on any atom is 0.225 e. The molecule has 0 bridgehead atoms. The van der Waals surface area contributed by atoms with E-state index >= 15 is 0 Å². The summed E-state index contributed by atoms with van der Waals surface area (Å²) in [6.07, 6.45) is 4.31. The number of fused-ring (bicyclic) bond motifs is 1. The highest BCUT2D eigenvalue weighted by molar-refractivity contribution is 7.99. The summed E-state index contributed by atoms with van der Waals surface area (Å²) in [6.45, 7) is 0. The fourth-order valence-electron chi connectivity index (χ4n) is 4.69. The fourth-order valence-corrected chi connectivity index (χ4v) is 6.89. The van der Waals surface area contributed by atoms with Crippen molar-refractivity contribution in [2.45, 2.75) is 37.1 Å². The Morgan fingerprint density at radius 3 is 2.49 bits per heavy atom. The largest absolute Gasteiger partial charge is 0.497 e. The number of benzene rings is 2. The van der Waals surface area contributed by atoms with E-state index in [1.165, 1.54) is 28.0 Å². The smallest absolute Gasteiger partial charge is 0.225 e.